The number of hydrogen-bond donors (Lipinski definition) is 0. The minimum Gasteiger partial charge on any atom is -0.492 e. The first-order chi connectivity index (χ1) is 13.6. The van der Waals surface area contributed by atoms with Crippen LogP contribution < -0.4 is 10.2 Å². The van der Waals surface area contributed by atoms with Crippen LogP contribution in [-0.2, 0) is 0 Å². The van der Waals surface area contributed by atoms with Gasteiger partial charge in [0.2, 0.25) is 0 Å². The fourth-order valence-corrected chi connectivity index (χ4v) is 3.52. The Morgan fingerprint density at radius 3 is 2.57 bits per heavy atom. The molecular formula is C22H23ClN2O3. The van der Waals surface area contributed by atoms with E-state index in [-0.39, 0.29) is 5.43 Å². The van der Waals surface area contributed by atoms with E-state index in [1.807, 2.05) is 18.2 Å². The Kier molecular flexibility index (Phi) is 5.67. The molecule has 0 unspecified atom stereocenters. The molecule has 0 N–H and O–H groups in total. The molecule has 2 aromatic carbocycles. The third-order valence-corrected chi connectivity index (χ3v) is 5.43. The van der Waals surface area contributed by atoms with E-state index in [2.05, 4.69) is 16.8 Å². The topological polar surface area (TPSA) is 45.9 Å². The van der Waals surface area contributed by atoms with E-state index >= 15 is 0 Å². The number of ether oxygens (including phenoxy) is 1. The zero-order chi connectivity index (χ0) is 19.5. The summed E-state index contributed by atoms with van der Waals surface area (Å²) < 4.78 is 11.6. The van der Waals surface area contributed by atoms with Gasteiger partial charge < -0.3 is 14.1 Å². The quantitative estimate of drug-likeness (QED) is 0.655. The number of likely N-dealkylation sites (N-methyl/N-ethyl adjacent to an activating group) is 1. The number of hydrogen-bond acceptors (Lipinski definition) is 5. The predicted molar refractivity (Wildman–Crippen MR) is 112 cm³/mol. The molecule has 0 atom stereocenters. The average molecular weight is 399 g/mol. The van der Waals surface area contributed by atoms with E-state index in [1.54, 1.807) is 24.3 Å². The highest BCUT2D eigenvalue weighted by atomic mass is 35.5. The van der Waals surface area contributed by atoms with Gasteiger partial charge in [-0.1, -0.05) is 23.7 Å². The molecule has 2 heterocycles. The number of rotatable bonds is 5. The molecule has 1 fully saturated rings. The van der Waals surface area contributed by atoms with Gasteiger partial charge in [0.05, 0.1) is 10.9 Å². The molecule has 1 aliphatic heterocycles. The first-order valence-corrected chi connectivity index (χ1v) is 9.83. The van der Waals surface area contributed by atoms with Crippen molar-refractivity contribution in [3.05, 3.63) is 64.0 Å². The summed E-state index contributed by atoms with van der Waals surface area (Å²) in [4.78, 5) is 17.6. The Balaban J connectivity index is 1.46. The van der Waals surface area contributed by atoms with Gasteiger partial charge in [-0.15, -0.1) is 0 Å². The molecule has 6 heteroatoms. The Morgan fingerprint density at radius 1 is 1.07 bits per heavy atom. The van der Waals surface area contributed by atoms with Crippen LogP contribution in [0.1, 0.15) is 0 Å². The Hall–Kier alpha value is -2.34. The third-order valence-electron chi connectivity index (χ3n) is 5.17. The molecule has 28 heavy (non-hydrogen) atoms. The molecule has 0 saturated carbocycles. The summed E-state index contributed by atoms with van der Waals surface area (Å²) in [5.41, 5.74) is 1.77. The molecular weight excluding hydrogens is 376 g/mol. The largest absolute Gasteiger partial charge is 0.492 e. The standard InChI is InChI=1S/C22H23ClN2O3/c1-24-8-10-25(11-9-24)12-13-27-18-6-7-19-21(14-18)28-15-20(22(19)26)16-2-4-17(23)5-3-16/h2-7,14-15H,8-13H2,1H3. The summed E-state index contributed by atoms with van der Waals surface area (Å²) in [5, 5.41) is 1.17. The number of fused-ring (bicyclic) bond motifs is 1. The molecule has 5 nitrogen and oxygen atoms in total. The second-order valence-electron chi connectivity index (χ2n) is 7.14. The highest BCUT2D eigenvalue weighted by Crippen LogP contribution is 2.24. The summed E-state index contributed by atoms with van der Waals surface area (Å²) in [6, 6.07) is 12.5. The maximum absolute atomic E-state index is 12.8. The van der Waals surface area contributed by atoms with E-state index in [1.165, 1.54) is 6.26 Å². The van der Waals surface area contributed by atoms with Crippen molar-refractivity contribution in [2.24, 2.45) is 0 Å². The van der Waals surface area contributed by atoms with Crippen molar-refractivity contribution < 1.29 is 9.15 Å². The van der Waals surface area contributed by atoms with Gasteiger partial charge in [0.25, 0.3) is 0 Å². The molecule has 0 aliphatic carbocycles. The molecule has 1 aromatic heterocycles. The summed E-state index contributed by atoms with van der Waals surface area (Å²) in [6.45, 7) is 5.83. The zero-order valence-corrected chi connectivity index (χ0v) is 16.6. The Labute approximate surface area is 169 Å². The molecule has 1 aliphatic rings. The van der Waals surface area contributed by atoms with Crippen LogP contribution in [-0.4, -0.2) is 56.2 Å². The monoisotopic (exact) mass is 398 g/mol. The van der Waals surface area contributed by atoms with Crippen molar-refractivity contribution in [3.63, 3.8) is 0 Å². The normalized spacial score (nSPS) is 15.8. The molecule has 3 aromatic rings. The average Bonchev–Trinajstić information content (AvgIpc) is 2.71. The lowest BCUT2D eigenvalue weighted by Gasteiger charge is -2.32. The van der Waals surface area contributed by atoms with E-state index < -0.39 is 0 Å². The van der Waals surface area contributed by atoms with Crippen molar-refractivity contribution >= 4 is 22.6 Å². The van der Waals surface area contributed by atoms with E-state index in [4.69, 9.17) is 20.8 Å². The second-order valence-corrected chi connectivity index (χ2v) is 7.57. The van der Waals surface area contributed by atoms with E-state index in [9.17, 15) is 4.79 Å². The van der Waals surface area contributed by atoms with Crippen molar-refractivity contribution in [1.29, 1.82) is 0 Å². The smallest absolute Gasteiger partial charge is 0.200 e. The van der Waals surface area contributed by atoms with Gasteiger partial charge in [0.15, 0.2) is 5.43 Å². The predicted octanol–water partition coefficient (Wildman–Crippen LogP) is 3.74. The van der Waals surface area contributed by atoms with Crippen molar-refractivity contribution in [2.75, 3.05) is 46.4 Å². The molecule has 146 valence electrons. The Bertz CT molecular complexity index is 1010. The van der Waals surface area contributed by atoms with Gasteiger partial charge in [-0.3, -0.25) is 9.69 Å². The molecule has 0 spiro atoms. The van der Waals surface area contributed by atoms with Crippen LogP contribution in [0, 0.1) is 0 Å². The minimum absolute atomic E-state index is 0.0624. The van der Waals surface area contributed by atoms with Crippen LogP contribution in [0.25, 0.3) is 22.1 Å². The van der Waals surface area contributed by atoms with Crippen LogP contribution in [0.2, 0.25) is 5.02 Å². The maximum atomic E-state index is 12.8. The summed E-state index contributed by atoms with van der Waals surface area (Å²) >= 11 is 5.93. The van der Waals surface area contributed by atoms with Gasteiger partial charge in [-0.2, -0.15) is 0 Å². The van der Waals surface area contributed by atoms with Crippen LogP contribution in [0.15, 0.2) is 57.9 Å². The van der Waals surface area contributed by atoms with E-state index in [0.29, 0.717) is 33.9 Å². The molecule has 0 bridgehead atoms. The molecule has 4 rings (SSSR count). The lowest BCUT2D eigenvalue weighted by Crippen LogP contribution is -2.45. The highest BCUT2D eigenvalue weighted by molar-refractivity contribution is 6.30. The fraction of sp³-hybridized carbons (Fsp3) is 0.318. The number of halogens is 1. The third kappa shape index (κ3) is 4.22. The SMILES string of the molecule is CN1CCN(CCOc2ccc3c(=O)c(-c4ccc(Cl)cc4)coc3c2)CC1. The van der Waals surface area contributed by atoms with Crippen molar-refractivity contribution in [3.8, 4) is 16.9 Å². The number of piperazine rings is 1. The number of benzene rings is 2. The van der Waals surface area contributed by atoms with Gasteiger partial charge in [-0.05, 0) is 36.9 Å². The van der Waals surface area contributed by atoms with Gasteiger partial charge in [-0.25, -0.2) is 0 Å². The fourth-order valence-electron chi connectivity index (χ4n) is 3.39. The van der Waals surface area contributed by atoms with Crippen molar-refractivity contribution in [1.82, 2.24) is 9.80 Å². The molecule has 0 amide bonds. The van der Waals surface area contributed by atoms with Gasteiger partial charge in [0.1, 0.15) is 24.2 Å². The molecule has 0 radical (unpaired) electrons. The van der Waals surface area contributed by atoms with Crippen LogP contribution in [0.4, 0.5) is 0 Å². The lowest BCUT2D eigenvalue weighted by atomic mass is 10.1. The zero-order valence-electron chi connectivity index (χ0n) is 15.9. The second kappa shape index (κ2) is 8.35. The van der Waals surface area contributed by atoms with E-state index in [0.717, 1.165) is 38.3 Å². The first-order valence-electron chi connectivity index (χ1n) is 9.45. The summed E-state index contributed by atoms with van der Waals surface area (Å²) in [5.74, 6) is 0.712. The lowest BCUT2D eigenvalue weighted by molar-refractivity contribution is 0.134. The maximum Gasteiger partial charge on any atom is 0.200 e. The summed E-state index contributed by atoms with van der Waals surface area (Å²) in [6.07, 6.45) is 1.50. The minimum atomic E-state index is -0.0624. The van der Waals surface area contributed by atoms with Gasteiger partial charge >= 0.3 is 0 Å². The highest BCUT2D eigenvalue weighted by Gasteiger charge is 2.14. The van der Waals surface area contributed by atoms with Crippen LogP contribution >= 0.6 is 11.6 Å². The first kappa shape index (κ1) is 19.0. The van der Waals surface area contributed by atoms with Crippen LogP contribution in [0.5, 0.6) is 5.75 Å². The Morgan fingerprint density at radius 2 is 1.82 bits per heavy atom. The number of nitrogens with zero attached hydrogens (tertiary/aromatic N) is 2. The van der Waals surface area contributed by atoms with Crippen LogP contribution in [0.3, 0.4) is 0 Å². The molecule has 1 saturated heterocycles. The van der Waals surface area contributed by atoms with Crippen molar-refractivity contribution in [2.45, 2.75) is 0 Å². The van der Waals surface area contributed by atoms with Gasteiger partial charge in [0, 0.05) is 43.8 Å². The summed E-state index contributed by atoms with van der Waals surface area (Å²) in [7, 11) is 2.15.